The molecule has 0 amide bonds. The first-order chi connectivity index (χ1) is 13.8. The summed E-state index contributed by atoms with van der Waals surface area (Å²) in [5.74, 6) is 0. The van der Waals surface area contributed by atoms with E-state index < -0.39 is 0 Å². The molecule has 28 heavy (non-hydrogen) atoms. The molecule has 142 valence electrons. The summed E-state index contributed by atoms with van der Waals surface area (Å²) in [6.45, 7) is 5.56. The van der Waals surface area contributed by atoms with Crippen molar-refractivity contribution in [1.82, 2.24) is 19.7 Å². The Morgan fingerprint density at radius 2 is 1.96 bits per heavy atom. The number of fused-ring (bicyclic) bond motifs is 1. The minimum Gasteiger partial charge on any atom is -0.369 e. The van der Waals surface area contributed by atoms with Crippen LogP contribution < -0.4 is 0 Å². The van der Waals surface area contributed by atoms with Gasteiger partial charge in [-0.15, -0.1) is 5.10 Å². The van der Waals surface area contributed by atoms with Crippen molar-refractivity contribution in [3.05, 3.63) is 76.2 Å². The van der Waals surface area contributed by atoms with E-state index in [4.69, 9.17) is 4.74 Å². The Bertz CT molecular complexity index is 1070. The van der Waals surface area contributed by atoms with Gasteiger partial charge in [0.25, 0.3) is 0 Å². The Kier molecular flexibility index (Phi) is 4.68. The van der Waals surface area contributed by atoms with Crippen LogP contribution in [0.3, 0.4) is 0 Å². The summed E-state index contributed by atoms with van der Waals surface area (Å²) in [4.78, 5) is 2.43. The van der Waals surface area contributed by atoms with Crippen LogP contribution >= 0.6 is 11.3 Å². The minimum absolute atomic E-state index is 0.0462. The topological polar surface area (TPSA) is 42.7 Å². The van der Waals surface area contributed by atoms with Crippen molar-refractivity contribution in [3.63, 3.8) is 0 Å². The fourth-order valence-electron chi connectivity index (χ4n) is 3.71. The van der Waals surface area contributed by atoms with E-state index in [0.717, 1.165) is 43.0 Å². The number of thiophene rings is 1. The third-order valence-electron chi connectivity index (χ3n) is 5.27. The number of hydrogen-bond donors (Lipinski definition) is 0. The lowest BCUT2D eigenvalue weighted by Crippen LogP contribution is -2.37. The molecule has 0 radical (unpaired) electrons. The lowest BCUT2D eigenvalue weighted by atomic mass is 10.1. The average Bonchev–Trinajstić information content (AvgIpc) is 3.38. The number of aryl methyl sites for hydroxylation is 1. The van der Waals surface area contributed by atoms with Gasteiger partial charge in [0.15, 0.2) is 0 Å². The van der Waals surface area contributed by atoms with Crippen molar-refractivity contribution in [3.8, 4) is 11.1 Å². The molecule has 1 aliphatic rings. The summed E-state index contributed by atoms with van der Waals surface area (Å²) in [6, 6.07) is 15.0. The first-order valence-electron chi connectivity index (χ1n) is 9.53. The van der Waals surface area contributed by atoms with Gasteiger partial charge in [0.2, 0.25) is 0 Å². The molecule has 4 heterocycles. The van der Waals surface area contributed by atoms with Gasteiger partial charge in [-0.1, -0.05) is 41.1 Å². The Morgan fingerprint density at radius 3 is 2.79 bits per heavy atom. The van der Waals surface area contributed by atoms with E-state index in [0.29, 0.717) is 0 Å². The molecule has 4 aromatic rings. The Labute approximate surface area is 168 Å². The molecule has 6 heteroatoms. The highest BCUT2D eigenvalue weighted by molar-refractivity contribution is 7.07. The molecule has 1 aromatic carbocycles. The van der Waals surface area contributed by atoms with Crippen LogP contribution in [0.15, 0.2) is 59.4 Å². The number of hydrogen-bond acceptors (Lipinski definition) is 5. The van der Waals surface area contributed by atoms with Gasteiger partial charge in [0, 0.05) is 31.4 Å². The Hall–Kier alpha value is -2.54. The number of aromatic nitrogens is 3. The molecule has 0 aliphatic carbocycles. The van der Waals surface area contributed by atoms with Gasteiger partial charge < -0.3 is 4.74 Å². The molecule has 3 aromatic heterocycles. The molecule has 1 fully saturated rings. The molecule has 5 rings (SSSR count). The van der Waals surface area contributed by atoms with Crippen molar-refractivity contribution in [2.75, 3.05) is 19.7 Å². The molecule has 0 bridgehead atoms. The van der Waals surface area contributed by atoms with Crippen LogP contribution in [0.5, 0.6) is 0 Å². The predicted molar refractivity (Wildman–Crippen MR) is 111 cm³/mol. The highest BCUT2D eigenvalue weighted by Gasteiger charge is 2.26. The number of ether oxygens (including phenoxy) is 1. The van der Waals surface area contributed by atoms with E-state index in [-0.39, 0.29) is 6.10 Å². The third kappa shape index (κ3) is 3.46. The predicted octanol–water partition coefficient (Wildman–Crippen LogP) is 4.34. The van der Waals surface area contributed by atoms with Gasteiger partial charge in [-0.05, 0) is 40.9 Å². The van der Waals surface area contributed by atoms with Crippen molar-refractivity contribution in [2.45, 2.75) is 19.6 Å². The second-order valence-electron chi connectivity index (χ2n) is 7.31. The van der Waals surface area contributed by atoms with Crippen molar-refractivity contribution in [2.24, 2.45) is 0 Å². The summed E-state index contributed by atoms with van der Waals surface area (Å²) < 4.78 is 7.92. The van der Waals surface area contributed by atoms with Crippen LogP contribution in [0, 0.1) is 6.92 Å². The van der Waals surface area contributed by atoms with Gasteiger partial charge in [0.05, 0.1) is 12.1 Å². The number of nitrogens with zero attached hydrogens (tertiary/aromatic N) is 4. The molecule has 5 nitrogen and oxygen atoms in total. The van der Waals surface area contributed by atoms with E-state index in [2.05, 4.69) is 75.4 Å². The molecule has 0 N–H and O–H groups in total. The van der Waals surface area contributed by atoms with Gasteiger partial charge in [-0.25, -0.2) is 4.52 Å². The van der Waals surface area contributed by atoms with Crippen LogP contribution in [0.4, 0.5) is 0 Å². The standard InChI is InChI=1S/C22H22N4OS/c1-16-2-4-18(5-3-16)19-6-7-20-22(23-24-26(20)13-19)21-14-25(9-10-27-21)12-17-8-11-28-15-17/h2-8,11,13,15,21H,9-10,12,14H2,1H3/t21-/m0/s1. The first-order valence-corrected chi connectivity index (χ1v) is 10.5. The average molecular weight is 391 g/mol. The highest BCUT2D eigenvalue weighted by Crippen LogP contribution is 2.27. The lowest BCUT2D eigenvalue weighted by Gasteiger charge is -2.31. The van der Waals surface area contributed by atoms with Gasteiger partial charge in [-0.2, -0.15) is 11.3 Å². The SMILES string of the molecule is Cc1ccc(-c2ccc3c([C@@H]4CN(Cc5ccsc5)CCO4)nnn3c2)cc1. The summed E-state index contributed by atoms with van der Waals surface area (Å²) in [5.41, 5.74) is 6.87. The fraction of sp³-hybridized carbons (Fsp3) is 0.273. The molecular formula is C22H22N4OS. The maximum absolute atomic E-state index is 6.05. The van der Waals surface area contributed by atoms with Crippen molar-refractivity contribution >= 4 is 16.9 Å². The summed E-state index contributed by atoms with van der Waals surface area (Å²) >= 11 is 1.75. The van der Waals surface area contributed by atoms with E-state index in [1.54, 1.807) is 11.3 Å². The van der Waals surface area contributed by atoms with Crippen LogP contribution in [-0.4, -0.2) is 39.4 Å². The second kappa shape index (κ2) is 7.47. The summed E-state index contributed by atoms with van der Waals surface area (Å²) in [6.07, 6.45) is 2.00. The summed E-state index contributed by atoms with van der Waals surface area (Å²) in [5, 5.41) is 13.2. The van der Waals surface area contributed by atoms with Crippen molar-refractivity contribution < 1.29 is 4.74 Å². The molecule has 0 spiro atoms. The normalized spacial score (nSPS) is 18.0. The maximum atomic E-state index is 6.05. The van der Waals surface area contributed by atoms with E-state index in [1.807, 2.05) is 10.7 Å². The second-order valence-corrected chi connectivity index (χ2v) is 8.09. The Morgan fingerprint density at radius 1 is 1.11 bits per heavy atom. The molecular weight excluding hydrogens is 368 g/mol. The summed E-state index contributed by atoms with van der Waals surface area (Å²) in [7, 11) is 0. The van der Waals surface area contributed by atoms with E-state index in [9.17, 15) is 0 Å². The zero-order valence-electron chi connectivity index (χ0n) is 15.8. The Balaban J connectivity index is 1.39. The lowest BCUT2D eigenvalue weighted by molar-refractivity contribution is -0.0342. The number of pyridine rings is 1. The largest absolute Gasteiger partial charge is 0.369 e. The quantitative estimate of drug-likeness (QED) is 0.520. The van der Waals surface area contributed by atoms with Crippen LogP contribution in [0.1, 0.15) is 22.9 Å². The van der Waals surface area contributed by atoms with Gasteiger partial charge >= 0.3 is 0 Å². The molecule has 1 atom stereocenters. The minimum atomic E-state index is -0.0462. The molecule has 0 saturated carbocycles. The number of morpholine rings is 1. The van der Waals surface area contributed by atoms with E-state index >= 15 is 0 Å². The smallest absolute Gasteiger partial charge is 0.121 e. The number of benzene rings is 1. The molecule has 1 aliphatic heterocycles. The number of rotatable bonds is 4. The zero-order valence-corrected chi connectivity index (χ0v) is 16.6. The maximum Gasteiger partial charge on any atom is 0.121 e. The monoisotopic (exact) mass is 390 g/mol. The van der Waals surface area contributed by atoms with Crippen LogP contribution in [-0.2, 0) is 11.3 Å². The van der Waals surface area contributed by atoms with E-state index in [1.165, 1.54) is 16.7 Å². The van der Waals surface area contributed by atoms with Crippen molar-refractivity contribution in [1.29, 1.82) is 0 Å². The van der Waals surface area contributed by atoms with Gasteiger partial charge in [-0.3, -0.25) is 4.90 Å². The van der Waals surface area contributed by atoms with Crippen LogP contribution in [0.25, 0.3) is 16.6 Å². The van der Waals surface area contributed by atoms with Crippen LogP contribution in [0.2, 0.25) is 0 Å². The first kappa shape index (κ1) is 17.6. The molecule has 1 saturated heterocycles. The fourth-order valence-corrected chi connectivity index (χ4v) is 4.37. The zero-order chi connectivity index (χ0) is 18.9. The third-order valence-corrected chi connectivity index (χ3v) is 6.00. The molecule has 0 unspecified atom stereocenters. The van der Waals surface area contributed by atoms with Gasteiger partial charge in [0.1, 0.15) is 11.8 Å². The highest BCUT2D eigenvalue weighted by atomic mass is 32.1.